The number of amides is 1. The minimum Gasteiger partial charge on any atom is -0.496 e. The summed E-state index contributed by atoms with van der Waals surface area (Å²) in [4.78, 5) is 22.7. The van der Waals surface area contributed by atoms with Crippen LogP contribution >= 0.6 is 0 Å². The van der Waals surface area contributed by atoms with Gasteiger partial charge in [0.25, 0.3) is 0 Å². The van der Waals surface area contributed by atoms with Gasteiger partial charge in [0.05, 0.1) is 27.5 Å². The molecule has 0 fully saturated rings. The van der Waals surface area contributed by atoms with E-state index in [1.165, 1.54) is 6.20 Å². The van der Waals surface area contributed by atoms with Gasteiger partial charge >= 0.3 is 5.97 Å². The normalized spacial score (nSPS) is 10.3. The summed E-state index contributed by atoms with van der Waals surface area (Å²) in [5.74, 6) is 0.274. The first-order chi connectivity index (χ1) is 12.5. The number of nitrogens with zero attached hydrogens (tertiary/aromatic N) is 3. The topological polar surface area (TPSA) is 125 Å². The van der Waals surface area contributed by atoms with Crippen LogP contribution in [0, 0.1) is 0 Å². The van der Waals surface area contributed by atoms with Crippen LogP contribution < -0.4 is 19.5 Å². The molecule has 0 aliphatic carbocycles. The lowest BCUT2D eigenvalue weighted by Crippen LogP contribution is -2.29. The van der Waals surface area contributed by atoms with Gasteiger partial charge in [-0.2, -0.15) is 0 Å². The second-order valence-corrected chi connectivity index (χ2v) is 5.22. The number of methoxy groups -OCH3 is 3. The molecule has 26 heavy (non-hydrogen) atoms. The minimum atomic E-state index is -1.20. The summed E-state index contributed by atoms with van der Waals surface area (Å²) in [5, 5.41) is 18.6. The number of hydrogen-bond acceptors (Lipinski definition) is 7. The summed E-state index contributed by atoms with van der Waals surface area (Å²) in [6.07, 6.45) is 1.66. The Morgan fingerprint density at radius 1 is 1.15 bits per heavy atom. The highest BCUT2D eigenvalue weighted by molar-refractivity contribution is 5.84. The second-order valence-electron chi connectivity index (χ2n) is 5.22. The van der Waals surface area contributed by atoms with Crippen LogP contribution in [0.4, 0.5) is 0 Å². The lowest BCUT2D eigenvalue weighted by molar-refractivity contribution is -0.121. The van der Waals surface area contributed by atoms with Crippen molar-refractivity contribution in [1.29, 1.82) is 0 Å². The molecule has 10 nitrogen and oxygen atoms in total. The second kappa shape index (κ2) is 8.70. The fraction of sp³-hybridized carbons (Fsp3) is 0.375. The third-order valence-corrected chi connectivity index (χ3v) is 3.58. The van der Waals surface area contributed by atoms with E-state index in [1.54, 1.807) is 33.5 Å². The number of aromatic carboxylic acids is 1. The summed E-state index contributed by atoms with van der Waals surface area (Å²) >= 11 is 0. The van der Waals surface area contributed by atoms with Crippen LogP contribution in [0.15, 0.2) is 18.3 Å². The van der Waals surface area contributed by atoms with Crippen molar-refractivity contribution >= 4 is 11.9 Å². The molecular formula is C16H20N4O6. The number of ether oxygens (including phenoxy) is 3. The van der Waals surface area contributed by atoms with E-state index in [0.29, 0.717) is 30.2 Å². The van der Waals surface area contributed by atoms with Crippen molar-refractivity contribution in [1.82, 2.24) is 20.3 Å². The van der Waals surface area contributed by atoms with Crippen molar-refractivity contribution in [3.8, 4) is 17.2 Å². The SMILES string of the molecule is COc1cc(OC)c(CCNC(=O)Cn2cc(C(=O)O)nn2)c(OC)c1. The van der Waals surface area contributed by atoms with Crippen molar-refractivity contribution in [2.75, 3.05) is 27.9 Å². The molecule has 1 aromatic heterocycles. The Morgan fingerprint density at radius 3 is 2.31 bits per heavy atom. The fourth-order valence-corrected chi connectivity index (χ4v) is 2.33. The maximum absolute atomic E-state index is 12.0. The lowest BCUT2D eigenvalue weighted by atomic mass is 10.1. The molecule has 1 amide bonds. The number of carboxylic acids is 1. The molecule has 0 saturated heterocycles. The van der Waals surface area contributed by atoms with E-state index in [2.05, 4.69) is 15.6 Å². The molecule has 2 rings (SSSR count). The molecule has 2 aromatic rings. The van der Waals surface area contributed by atoms with E-state index in [0.717, 1.165) is 10.2 Å². The van der Waals surface area contributed by atoms with E-state index in [-0.39, 0.29) is 18.1 Å². The first kappa shape index (κ1) is 19.0. The first-order valence-corrected chi connectivity index (χ1v) is 7.67. The zero-order valence-corrected chi connectivity index (χ0v) is 14.7. The number of carboxylic acid groups (broad SMARTS) is 1. The van der Waals surface area contributed by atoms with Crippen LogP contribution in [0.2, 0.25) is 0 Å². The monoisotopic (exact) mass is 364 g/mol. The van der Waals surface area contributed by atoms with Crippen LogP contribution in [0.25, 0.3) is 0 Å². The van der Waals surface area contributed by atoms with Gasteiger partial charge in [-0.3, -0.25) is 4.79 Å². The van der Waals surface area contributed by atoms with E-state index in [9.17, 15) is 9.59 Å². The van der Waals surface area contributed by atoms with Crippen LogP contribution in [0.5, 0.6) is 17.2 Å². The van der Waals surface area contributed by atoms with Crippen molar-refractivity contribution in [2.45, 2.75) is 13.0 Å². The van der Waals surface area contributed by atoms with Gasteiger partial charge in [0.15, 0.2) is 5.69 Å². The first-order valence-electron chi connectivity index (χ1n) is 7.67. The number of carbonyl (C=O) groups excluding carboxylic acids is 1. The average Bonchev–Trinajstić information content (AvgIpc) is 3.10. The van der Waals surface area contributed by atoms with Crippen molar-refractivity contribution in [3.05, 3.63) is 29.6 Å². The van der Waals surface area contributed by atoms with E-state index < -0.39 is 5.97 Å². The molecular weight excluding hydrogens is 344 g/mol. The highest BCUT2D eigenvalue weighted by atomic mass is 16.5. The van der Waals surface area contributed by atoms with Gasteiger partial charge in [-0.25, -0.2) is 9.48 Å². The van der Waals surface area contributed by atoms with E-state index in [1.807, 2.05) is 0 Å². The number of hydrogen-bond donors (Lipinski definition) is 2. The number of benzene rings is 1. The van der Waals surface area contributed by atoms with Crippen molar-refractivity contribution in [2.24, 2.45) is 0 Å². The summed E-state index contributed by atoms with van der Waals surface area (Å²) < 4.78 is 17.1. The Morgan fingerprint density at radius 2 is 1.81 bits per heavy atom. The summed E-state index contributed by atoms with van der Waals surface area (Å²) in [5.41, 5.74) is 0.579. The number of rotatable bonds is 9. The van der Waals surface area contributed by atoms with Gasteiger partial charge in [0.1, 0.15) is 23.8 Å². The van der Waals surface area contributed by atoms with Gasteiger partial charge in [-0.1, -0.05) is 5.21 Å². The predicted molar refractivity (Wildman–Crippen MR) is 89.8 cm³/mol. The molecule has 0 bridgehead atoms. The van der Waals surface area contributed by atoms with Crippen LogP contribution in [-0.2, 0) is 17.8 Å². The lowest BCUT2D eigenvalue weighted by Gasteiger charge is -2.15. The molecule has 0 spiro atoms. The number of aromatic nitrogens is 3. The van der Waals surface area contributed by atoms with Gasteiger partial charge in [-0.05, 0) is 6.42 Å². The number of nitrogens with one attached hydrogen (secondary N) is 1. The van der Waals surface area contributed by atoms with Crippen molar-refractivity contribution < 1.29 is 28.9 Å². The molecule has 2 N–H and O–H groups in total. The molecule has 0 unspecified atom stereocenters. The molecule has 0 saturated carbocycles. The Balaban J connectivity index is 1.96. The highest BCUT2D eigenvalue weighted by Gasteiger charge is 2.14. The minimum absolute atomic E-state index is 0.128. The molecule has 140 valence electrons. The standard InChI is InChI=1S/C16H20N4O6/c1-24-10-6-13(25-2)11(14(7-10)26-3)4-5-17-15(21)9-20-8-12(16(22)23)18-19-20/h6-8H,4-5,9H2,1-3H3,(H,17,21)(H,22,23). The molecule has 0 aliphatic heterocycles. The average molecular weight is 364 g/mol. The summed E-state index contributed by atoms with van der Waals surface area (Å²) in [7, 11) is 4.64. The van der Waals surface area contributed by atoms with Crippen molar-refractivity contribution in [3.63, 3.8) is 0 Å². The van der Waals surface area contributed by atoms with E-state index in [4.69, 9.17) is 19.3 Å². The third kappa shape index (κ3) is 4.62. The van der Waals surface area contributed by atoms with Gasteiger partial charge in [0, 0.05) is 24.2 Å². The molecule has 0 radical (unpaired) electrons. The van der Waals surface area contributed by atoms with Gasteiger partial charge in [-0.15, -0.1) is 5.10 Å². The van der Waals surface area contributed by atoms with Gasteiger partial charge < -0.3 is 24.6 Å². The molecule has 1 aromatic carbocycles. The predicted octanol–water partition coefficient (Wildman–Crippen LogP) is 0.361. The number of carbonyl (C=O) groups is 2. The highest BCUT2D eigenvalue weighted by Crippen LogP contribution is 2.34. The van der Waals surface area contributed by atoms with Crippen LogP contribution in [-0.4, -0.2) is 59.9 Å². The van der Waals surface area contributed by atoms with Gasteiger partial charge in [0.2, 0.25) is 5.91 Å². The maximum Gasteiger partial charge on any atom is 0.358 e. The zero-order valence-electron chi connectivity index (χ0n) is 14.7. The molecule has 0 aliphatic rings. The Hall–Kier alpha value is -3.30. The Kier molecular flexibility index (Phi) is 6.36. The van der Waals surface area contributed by atoms with E-state index >= 15 is 0 Å². The summed E-state index contributed by atoms with van der Waals surface area (Å²) in [6.45, 7) is 0.204. The Bertz CT molecular complexity index is 764. The molecule has 10 heteroatoms. The quantitative estimate of drug-likeness (QED) is 0.653. The third-order valence-electron chi connectivity index (χ3n) is 3.58. The molecule has 0 atom stereocenters. The zero-order chi connectivity index (χ0) is 19.1. The largest absolute Gasteiger partial charge is 0.496 e. The molecule has 1 heterocycles. The summed E-state index contributed by atoms with van der Waals surface area (Å²) in [6, 6.07) is 3.48. The smallest absolute Gasteiger partial charge is 0.358 e. The fourth-order valence-electron chi connectivity index (χ4n) is 2.33. The van der Waals surface area contributed by atoms with Crippen LogP contribution in [0.1, 0.15) is 16.1 Å². The van der Waals surface area contributed by atoms with Crippen LogP contribution in [0.3, 0.4) is 0 Å². The Labute approximate surface area is 149 Å². The maximum atomic E-state index is 12.0.